The van der Waals surface area contributed by atoms with Crippen molar-refractivity contribution in [1.82, 2.24) is 14.8 Å². The smallest absolute Gasteiger partial charge is 0.436 e. The Balaban J connectivity index is 2.22. The summed E-state index contributed by atoms with van der Waals surface area (Å²) >= 11 is 0. The molecule has 0 bridgehead atoms. The van der Waals surface area contributed by atoms with Crippen molar-refractivity contribution in [2.24, 2.45) is 22.7 Å². The molecule has 2 atom stereocenters. The Bertz CT molecular complexity index is 518. The van der Waals surface area contributed by atoms with E-state index in [1.165, 1.54) is 44.8 Å². The summed E-state index contributed by atoms with van der Waals surface area (Å²) in [6, 6.07) is 0. The van der Waals surface area contributed by atoms with Crippen molar-refractivity contribution >= 4 is 6.09 Å². The summed E-state index contributed by atoms with van der Waals surface area (Å²) in [6.07, 6.45) is 9.73. The van der Waals surface area contributed by atoms with Crippen LogP contribution >= 0.6 is 0 Å². The normalized spacial score (nSPS) is 14.9. The molecule has 26 heavy (non-hydrogen) atoms. The predicted octanol–water partition coefficient (Wildman–Crippen LogP) is 5.95. The van der Waals surface area contributed by atoms with Crippen LogP contribution in [-0.4, -0.2) is 27.5 Å². The summed E-state index contributed by atoms with van der Waals surface area (Å²) < 4.78 is 6.50. The lowest BCUT2D eigenvalue weighted by Gasteiger charge is -2.27. The highest BCUT2D eigenvalue weighted by molar-refractivity contribution is 5.68. The first-order chi connectivity index (χ1) is 12.0. The van der Waals surface area contributed by atoms with Gasteiger partial charge in [0.1, 0.15) is 12.7 Å². The van der Waals surface area contributed by atoms with Crippen LogP contribution in [0.5, 0.6) is 0 Å². The van der Waals surface area contributed by atoms with Crippen LogP contribution in [0.4, 0.5) is 4.79 Å². The molecule has 0 saturated heterocycles. The molecule has 2 unspecified atom stereocenters. The SMILES string of the molecule is CC(CCCCC(C)CC(C)(C)COC(=O)n1cncn1)CC(C)(C)C. The van der Waals surface area contributed by atoms with Gasteiger partial charge in [-0.15, -0.1) is 5.10 Å². The van der Waals surface area contributed by atoms with E-state index < -0.39 is 6.09 Å². The minimum Gasteiger partial charge on any atom is -0.447 e. The van der Waals surface area contributed by atoms with E-state index in [0.29, 0.717) is 17.9 Å². The number of carbonyl (C=O) groups excluding carboxylic acids is 1. The molecule has 0 fully saturated rings. The second kappa shape index (κ2) is 10.1. The molecule has 0 radical (unpaired) electrons. The highest BCUT2D eigenvalue weighted by Crippen LogP contribution is 2.30. The highest BCUT2D eigenvalue weighted by Gasteiger charge is 2.24. The Morgan fingerprint density at radius 3 is 2.12 bits per heavy atom. The van der Waals surface area contributed by atoms with Crippen molar-refractivity contribution in [2.75, 3.05) is 6.61 Å². The molecule has 0 saturated carbocycles. The molecule has 0 aliphatic heterocycles. The largest absolute Gasteiger partial charge is 0.447 e. The van der Waals surface area contributed by atoms with Crippen LogP contribution < -0.4 is 0 Å². The monoisotopic (exact) mass is 365 g/mol. The number of hydrogen-bond donors (Lipinski definition) is 0. The van der Waals surface area contributed by atoms with Gasteiger partial charge in [-0.2, -0.15) is 4.68 Å². The van der Waals surface area contributed by atoms with E-state index in [4.69, 9.17) is 4.74 Å². The second-order valence-electron chi connectivity index (χ2n) is 10.0. The summed E-state index contributed by atoms with van der Waals surface area (Å²) in [6.45, 7) is 16.4. The maximum Gasteiger partial charge on any atom is 0.436 e. The Morgan fingerprint density at radius 2 is 1.62 bits per heavy atom. The van der Waals surface area contributed by atoms with E-state index in [1.54, 1.807) is 0 Å². The van der Waals surface area contributed by atoms with Crippen LogP contribution in [0.1, 0.15) is 87.0 Å². The van der Waals surface area contributed by atoms with E-state index in [1.807, 2.05) is 0 Å². The quantitative estimate of drug-likeness (QED) is 0.481. The Morgan fingerprint density at radius 1 is 1.04 bits per heavy atom. The van der Waals surface area contributed by atoms with E-state index in [9.17, 15) is 4.79 Å². The topological polar surface area (TPSA) is 57.0 Å². The van der Waals surface area contributed by atoms with E-state index in [-0.39, 0.29) is 5.41 Å². The number of nitrogens with zero attached hydrogens (tertiary/aromatic N) is 3. The van der Waals surface area contributed by atoms with Crippen LogP contribution in [0.2, 0.25) is 0 Å². The van der Waals surface area contributed by atoms with E-state index in [2.05, 4.69) is 58.5 Å². The zero-order valence-electron chi connectivity index (χ0n) is 17.9. The van der Waals surface area contributed by atoms with Gasteiger partial charge in [0, 0.05) is 0 Å². The van der Waals surface area contributed by atoms with Gasteiger partial charge in [0.05, 0.1) is 6.61 Å². The Kier molecular flexibility index (Phi) is 8.78. The summed E-state index contributed by atoms with van der Waals surface area (Å²) in [4.78, 5) is 15.6. The van der Waals surface area contributed by atoms with Gasteiger partial charge >= 0.3 is 6.09 Å². The number of carbonyl (C=O) groups is 1. The lowest BCUT2D eigenvalue weighted by molar-refractivity contribution is 0.0842. The van der Waals surface area contributed by atoms with E-state index >= 15 is 0 Å². The molecule has 0 aliphatic rings. The Labute approximate surface area is 159 Å². The molecule has 1 heterocycles. The van der Waals surface area contributed by atoms with Crippen molar-refractivity contribution in [3.8, 4) is 0 Å². The fourth-order valence-corrected chi connectivity index (χ4v) is 3.86. The molecule has 1 aromatic rings. The first-order valence-electron chi connectivity index (χ1n) is 10.0. The van der Waals surface area contributed by atoms with Gasteiger partial charge in [0.15, 0.2) is 0 Å². The molecule has 0 spiro atoms. The molecule has 150 valence electrons. The van der Waals surface area contributed by atoms with Gasteiger partial charge in [-0.25, -0.2) is 9.78 Å². The third-order valence-electron chi connectivity index (χ3n) is 4.70. The van der Waals surface area contributed by atoms with Crippen molar-refractivity contribution in [3.63, 3.8) is 0 Å². The first kappa shape index (κ1) is 22.7. The molecule has 5 heteroatoms. The van der Waals surface area contributed by atoms with Crippen molar-refractivity contribution in [3.05, 3.63) is 12.7 Å². The first-order valence-corrected chi connectivity index (χ1v) is 10.0. The summed E-state index contributed by atoms with van der Waals surface area (Å²) in [5.74, 6) is 1.44. The molecule has 5 nitrogen and oxygen atoms in total. The Hall–Kier alpha value is -1.39. The number of aromatic nitrogens is 3. The maximum absolute atomic E-state index is 11.9. The van der Waals surface area contributed by atoms with Gasteiger partial charge in [-0.1, -0.05) is 74.1 Å². The van der Waals surface area contributed by atoms with Crippen molar-refractivity contribution in [2.45, 2.75) is 87.0 Å². The number of hydrogen-bond acceptors (Lipinski definition) is 4. The third kappa shape index (κ3) is 9.93. The number of rotatable bonds is 10. The van der Waals surface area contributed by atoms with Crippen LogP contribution in [0, 0.1) is 22.7 Å². The van der Waals surface area contributed by atoms with Gasteiger partial charge in [0.2, 0.25) is 0 Å². The highest BCUT2D eigenvalue weighted by atomic mass is 16.6. The van der Waals surface area contributed by atoms with Gasteiger partial charge in [-0.3, -0.25) is 0 Å². The van der Waals surface area contributed by atoms with Crippen molar-refractivity contribution < 1.29 is 9.53 Å². The van der Waals surface area contributed by atoms with Crippen LogP contribution in [0.15, 0.2) is 12.7 Å². The lowest BCUT2D eigenvalue weighted by atomic mass is 9.81. The molecule has 0 amide bonds. The second-order valence-corrected chi connectivity index (χ2v) is 10.0. The molecule has 1 rings (SSSR count). The molecule has 1 aromatic heterocycles. The van der Waals surface area contributed by atoms with Crippen LogP contribution in [0.25, 0.3) is 0 Å². The summed E-state index contributed by atoms with van der Waals surface area (Å²) in [7, 11) is 0. The van der Waals surface area contributed by atoms with Gasteiger partial charge in [-0.05, 0) is 35.5 Å². The minimum absolute atomic E-state index is 0.0326. The molecular weight excluding hydrogens is 326 g/mol. The predicted molar refractivity (Wildman–Crippen MR) is 106 cm³/mol. The minimum atomic E-state index is -0.462. The fraction of sp³-hybridized carbons (Fsp3) is 0.857. The third-order valence-corrected chi connectivity index (χ3v) is 4.70. The zero-order valence-corrected chi connectivity index (χ0v) is 17.9. The molecule has 0 N–H and O–H groups in total. The standard InChI is InChI=1S/C21H39N3O2/c1-17(12-20(3,4)5)10-8-9-11-18(2)13-21(6,7)14-26-19(25)24-16-22-15-23-24/h15-18H,8-14H2,1-7H3. The average Bonchev–Trinajstić information content (AvgIpc) is 3.01. The summed E-state index contributed by atoms with van der Waals surface area (Å²) in [5.41, 5.74) is 0.398. The molecule has 0 aromatic carbocycles. The maximum atomic E-state index is 11.9. The lowest BCUT2D eigenvalue weighted by Crippen LogP contribution is -2.26. The molecule has 0 aliphatic carbocycles. The van der Waals surface area contributed by atoms with Crippen LogP contribution in [-0.2, 0) is 4.74 Å². The average molecular weight is 366 g/mol. The van der Waals surface area contributed by atoms with Crippen LogP contribution in [0.3, 0.4) is 0 Å². The van der Waals surface area contributed by atoms with Crippen molar-refractivity contribution in [1.29, 1.82) is 0 Å². The number of unbranched alkanes of at least 4 members (excludes halogenated alkanes) is 1. The van der Waals surface area contributed by atoms with Gasteiger partial charge in [0.25, 0.3) is 0 Å². The fourth-order valence-electron chi connectivity index (χ4n) is 3.86. The zero-order chi connectivity index (χ0) is 19.8. The number of ether oxygens (including phenoxy) is 1. The van der Waals surface area contributed by atoms with Gasteiger partial charge < -0.3 is 4.74 Å². The van der Waals surface area contributed by atoms with E-state index in [0.717, 1.165) is 17.0 Å². The molecular formula is C21H39N3O2. The summed E-state index contributed by atoms with van der Waals surface area (Å²) in [5, 5.41) is 3.79.